The monoisotopic (exact) mass is 310 g/mol. The molecule has 10 heteroatoms. The molecule has 20 heavy (non-hydrogen) atoms. The molecule has 1 unspecified atom stereocenters. The van der Waals surface area contributed by atoms with E-state index in [4.69, 9.17) is 16.3 Å². The first-order valence-electron chi connectivity index (χ1n) is 5.59. The van der Waals surface area contributed by atoms with Gasteiger partial charge in [0.15, 0.2) is 18.0 Å². The molecule has 1 aromatic rings. The van der Waals surface area contributed by atoms with E-state index in [2.05, 4.69) is 0 Å². The Hall–Kier alpha value is -1.29. The third-order valence-corrected chi connectivity index (χ3v) is 4.25. The Kier molecular flexibility index (Phi) is 2.65. The van der Waals surface area contributed by atoms with E-state index in [1.165, 1.54) is 0 Å². The number of nitrogens with one attached hydrogen (secondary N) is 1. The van der Waals surface area contributed by atoms with E-state index in [1.54, 1.807) is 4.98 Å². The van der Waals surface area contributed by atoms with Crippen LogP contribution in [0.15, 0.2) is 15.8 Å². The molecule has 1 aliphatic carbocycles. The topological polar surface area (TPSA) is 105 Å². The van der Waals surface area contributed by atoms with Crippen LogP contribution in [-0.4, -0.2) is 49.1 Å². The highest BCUT2D eigenvalue weighted by molar-refractivity contribution is 6.19. The van der Waals surface area contributed by atoms with Gasteiger partial charge in [0, 0.05) is 0 Å². The third kappa shape index (κ3) is 1.33. The van der Waals surface area contributed by atoms with Crippen LogP contribution in [0.25, 0.3) is 0 Å². The van der Waals surface area contributed by atoms with Gasteiger partial charge in [-0.25, -0.2) is 9.18 Å². The molecule has 2 heterocycles. The number of hydrogen-bond acceptors (Lipinski definition) is 5. The van der Waals surface area contributed by atoms with Gasteiger partial charge < -0.3 is 14.9 Å². The van der Waals surface area contributed by atoms with Crippen molar-refractivity contribution in [2.24, 2.45) is 0 Å². The molecule has 0 aromatic carbocycles. The maximum atomic E-state index is 14.2. The second-order valence-corrected chi connectivity index (χ2v) is 5.07. The summed E-state index contributed by atoms with van der Waals surface area (Å²) in [5.41, 5.74) is -6.36. The summed E-state index contributed by atoms with van der Waals surface area (Å²) >= 11 is 5.56. The van der Waals surface area contributed by atoms with Gasteiger partial charge >= 0.3 is 5.69 Å². The maximum Gasteiger partial charge on any atom is 0.330 e. The highest BCUT2D eigenvalue weighted by Crippen LogP contribution is 2.63. The molecule has 1 aliphatic heterocycles. The number of aliphatic hydroxyl groups excluding tert-OH is 1. The molecule has 0 radical (unpaired) electrons. The summed E-state index contributed by atoms with van der Waals surface area (Å²) in [6, 6.07) is 0. The van der Waals surface area contributed by atoms with Gasteiger partial charge in [0.2, 0.25) is 5.82 Å². The lowest BCUT2D eigenvalue weighted by Gasteiger charge is -2.21. The van der Waals surface area contributed by atoms with Crippen LogP contribution in [-0.2, 0) is 4.74 Å². The van der Waals surface area contributed by atoms with Crippen LogP contribution in [0, 0.1) is 5.82 Å². The maximum absolute atomic E-state index is 14.2. The standard InChI is InChI=1S/C10H9ClF2N2O5/c11-2-9-7(17)10(9,19)4(13)6(20-9)15-1-3(12)5(16)14-8(15)18/h1,4,6-7,17,19H,2H2,(H,14,16,18)/t4-,6+,7?,9+,10+/m0/s1. The minimum atomic E-state index is -2.26. The normalized spacial score (nSPS) is 42.5. The molecular weight excluding hydrogens is 302 g/mol. The molecule has 0 spiro atoms. The van der Waals surface area contributed by atoms with E-state index >= 15 is 0 Å². The first kappa shape index (κ1) is 13.7. The molecule has 1 saturated carbocycles. The predicted octanol–water partition coefficient (Wildman–Crippen LogP) is -1.37. The number of H-pyrrole nitrogens is 1. The summed E-state index contributed by atoms with van der Waals surface area (Å²) in [5.74, 6) is -1.73. The zero-order chi connectivity index (χ0) is 14.9. The minimum absolute atomic E-state index is 0.415. The molecule has 1 aromatic heterocycles. The number of rotatable bonds is 2. The number of ether oxygens (including phenoxy) is 1. The number of nitrogens with zero attached hydrogens (tertiary/aromatic N) is 1. The number of halogens is 3. The van der Waals surface area contributed by atoms with Gasteiger partial charge in [0.25, 0.3) is 5.56 Å². The summed E-state index contributed by atoms with van der Waals surface area (Å²) in [5, 5.41) is 19.5. The summed E-state index contributed by atoms with van der Waals surface area (Å²) in [6.07, 6.45) is -4.97. The number of aromatic nitrogens is 2. The van der Waals surface area contributed by atoms with Crippen molar-refractivity contribution in [2.45, 2.75) is 29.7 Å². The van der Waals surface area contributed by atoms with Gasteiger partial charge in [-0.15, -0.1) is 11.6 Å². The van der Waals surface area contributed by atoms with E-state index in [9.17, 15) is 28.6 Å². The number of fused-ring (bicyclic) bond motifs is 1. The Balaban J connectivity index is 2.05. The molecule has 0 bridgehead atoms. The number of hydrogen-bond donors (Lipinski definition) is 3. The van der Waals surface area contributed by atoms with Crippen molar-refractivity contribution < 1.29 is 23.7 Å². The summed E-state index contributed by atoms with van der Waals surface area (Å²) in [6.45, 7) is 0. The van der Waals surface area contributed by atoms with E-state index < -0.39 is 52.7 Å². The van der Waals surface area contributed by atoms with Crippen molar-refractivity contribution in [2.75, 3.05) is 5.88 Å². The predicted molar refractivity (Wildman–Crippen MR) is 60.7 cm³/mol. The lowest BCUT2D eigenvalue weighted by molar-refractivity contribution is -0.0872. The van der Waals surface area contributed by atoms with Gasteiger partial charge in [-0.1, -0.05) is 0 Å². The van der Waals surface area contributed by atoms with E-state index in [1.807, 2.05) is 0 Å². The van der Waals surface area contributed by atoms with Crippen molar-refractivity contribution in [1.82, 2.24) is 9.55 Å². The highest BCUT2D eigenvalue weighted by atomic mass is 35.5. The van der Waals surface area contributed by atoms with Crippen LogP contribution < -0.4 is 11.2 Å². The Morgan fingerprint density at radius 3 is 2.75 bits per heavy atom. The second-order valence-electron chi connectivity index (χ2n) is 4.80. The Morgan fingerprint density at radius 1 is 1.55 bits per heavy atom. The van der Waals surface area contributed by atoms with Crippen molar-refractivity contribution in [1.29, 1.82) is 0 Å². The zero-order valence-corrected chi connectivity index (χ0v) is 10.5. The second kappa shape index (κ2) is 3.88. The molecular formula is C10H9ClF2N2O5. The fourth-order valence-electron chi connectivity index (χ4n) is 2.59. The Morgan fingerprint density at radius 2 is 2.20 bits per heavy atom. The van der Waals surface area contributed by atoms with Crippen molar-refractivity contribution >= 4 is 11.6 Å². The molecule has 3 rings (SSSR count). The smallest absolute Gasteiger partial charge is 0.330 e. The quantitative estimate of drug-likeness (QED) is 0.584. The van der Waals surface area contributed by atoms with Crippen LogP contribution >= 0.6 is 11.6 Å². The third-order valence-electron chi connectivity index (χ3n) is 3.85. The fraction of sp³-hybridized carbons (Fsp3) is 0.600. The molecule has 7 nitrogen and oxygen atoms in total. The van der Waals surface area contributed by atoms with Gasteiger partial charge in [-0.2, -0.15) is 4.39 Å². The average Bonchev–Trinajstić information content (AvgIpc) is 2.76. The molecule has 1 saturated heterocycles. The Labute approximate surface area is 114 Å². The van der Waals surface area contributed by atoms with Gasteiger partial charge in [0.05, 0.1) is 12.1 Å². The Bertz CT molecular complexity index is 689. The first-order chi connectivity index (χ1) is 9.29. The number of aromatic amines is 1. The van der Waals surface area contributed by atoms with Crippen LogP contribution in [0.2, 0.25) is 0 Å². The average molecular weight is 311 g/mol. The van der Waals surface area contributed by atoms with Gasteiger partial charge in [-0.3, -0.25) is 14.3 Å². The van der Waals surface area contributed by atoms with Crippen molar-refractivity contribution in [3.05, 3.63) is 32.9 Å². The molecule has 3 N–H and O–H groups in total. The van der Waals surface area contributed by atoms with Crippen LogP contribution in [0.4, 0.5) is 8.78 Å². The lowest BCUT2D eigenvalue weighted by atomic mass is 10.1. The summed E-state index contributed by atoms with van der Waals surface area (Å²) in [7, 11) is 0. The molecule has 2 aliphatic rings. The fourth-order valence-corrected chi connectivity index (χ4v) is 3.01. The van der Waals surface area contributed by atoms with E-state index in [0.29, 0.717) is 10.8 Å². The lowest BCUT2D eigenvalue weighted by Crippen LogP contribution is -2.40. The summed E-state index contributed by atoms with van der Waals surface area (Å²) < 4.78 is 33.0. The van der Waals surface area contributed by atoms with Gasteiger partial charge in [-0.05, 0) is 0 Å². The summed E-state index contributed by atoms with van der Waals surface area (Å²) in [4.78, 5) is 24.1. The largest absolute Gasteiger partial charge is 0.387 e. The highest BCUT2D eigenvalue weighted by Gasteiger charge is 2.87. The molecule has 5 atom stereocenters. The minimum Gasteiger partial charge on any atom is -0.387 e. The molecule has 110 valence electrons. The number of aliphatic hydroxyl groups is 2. The van der Waals surface area contributed by atoms with Crippen LogP contribution in [0.3, 0.4) is 0 Å². The van der Waals surface area contributed by atoms with E-state index in [0.717, 1.165) is 0 Å². The first-order valence-corrected chi connectivity index (χ1v) is 6.12. The van der Waals surface area contributed by atoms with Crippen molar-refractivity contribution in [3.63, 3.8) is 0 Å². The van der Waals surface area contributed by atoms with Crippen LogP contribution in [0.5, 0.6) is 0 Å². The molecule has 0 amide bonds. The molecule has 2 fully saturated rings. The van der Waals surface area contributed by atoms with Crippen LogP contribution in [0.1, 0.15) is 6.23 Å². The van der Waals surface area contributed by atoms with Crippen molar-refractivity contribution in [3.8, 4) is 0 Å². The van der Waals surface area contributed by atoms with E-state index in [-0.39, 0.29) is 0 Å². The zero-order valence-electron chi connectivity index (χ0n) is 9.72. The SMILES string of the molecule is O=c1[nH]c(=O)n([C@@H]2O[C@]3(CCl)C(O)[C@]3(O)[C@H]2F)cc1F. The number of alkyl halides is 2. The van der Waals surface area contributed by atoms with Gasteiger partial charge in [0.1, 0.15) is 11.7 Å².